The van der Waals surface area contributed by atoms with Crippen LogP contribution in [0, 0.1) is 0 Å². The van der Waals surface area contributed by atoms with Crippen LogP contribution >= 0.6 is 12.4 Å². The summed E-state index contributed by atoms with van der Waals surface area (Å²) < 4.78 is 34.3. The number of ether oxygens (including phenoxy) is 1. The monoisotopic (exact) mass is 350 g/mol. The van der Waals surface area contributed by atoms with Gasteiger partial charge in [-0.15, -0.1) is 12.4 Å². The third kappa shape index (κ3) is 4.20. The maximum Gasteiger partial charge on any atom is 0.243 e. The number of rotatable bonds is 5. The molecule has 1 aromatic heterocycles. The molecule has 0 aliphatic carbocycles. The molecule has 0 amide bonds. The summed E-state index contributed by atoms with van der Waals surface area (Å²) in [6.07, 6.45) is 6.93. The summed E-state index contributed by atoms with van der Waals surface area (Å²) in [5, 5.41) is 7.49. The summed E-state index contributed by atoms with van der Waals surface area (Å²) in [7, 11) is -3.47. The van der Waals surface area contributed by atoms with E-state index in [1.54, 1.807) is 10.9 Å². The highest BCUT2D eigenvalue weighted by molar-refractivity contribution is 7.89. The third-order valence-electron chi connectivity index (χ3n) is 4.14. The molecule has 2 fully saturated rings. The van der Waals surface area contributed by atoms with Gasteiger partial charge in [0.25, 0.3) is 0 Å². The zero-order valence-corrected chi connectivity index (χ0v) is 14.0. The van der Waals surface area contributed by atoms with Crippen molar-refractivity contribution in [1.82, 2.24) is 19.8 Å². The van der Waals surface area contributed by atoms with Gasteiger partial charge < -0.3 is 10.1 Å². The number of hydrogen-bond acceptors (Lipinski definition) is 5. The van der Waals surface area contributed by atoms with Crippen molar-refractivity contribution in [2.75, 3.05) is 26.3 Å². The Balaban J connectivity index is 0.00000176. The molecular formula is C13H23ClN4O3S. The largest absolute Gasteiger partial charge is 0.381 e. The number of halogens is 1. The average molecular weight is 351 g/mol. The number of hydrogen-bond donors (Lipinski definition) is 2. The molecule has 2 saturated heterocycles. The molecule has 2 aliphatic rings. The first-order valence-electron chi connectivity index (χ1n) is 7.50. The average Bonchev–Trinajstić information content (AvgIpc) is 3.18. The van der Waals surface area contributed by atoms with Crippen molar-refractivity contribution in [1.29, 1.82) is 0 Å². The van der Waals surface area contributed by atoms with E-state index >= 15 is 0 Å². The van der Waals surface area contributed by atoms with Gasteiger partial charge in [0.2, 0.25) is 10.0 Å². The highest BCUT2D eigenvalue weighted by Gasteiger charge is 2.23. The minimum Gasteiger partial charge on any atom is -0.381 e. The summed E-state index contributed by atoms with van der Waals surface area (Å²) in [4.78, 5) is 0.243. The van der Waals surface area contributed by atoms with Gasteiger partial charge in [-0.25, -0.2) is 13.1 Å². The summed E-state index contributed by atoms with van der Waals surface area (Å²) in [5.41, 5.74) is 0. The smallest absolute Gasteiger partial charge is 0.243 e. The van der Waals surface area contributed by atoms with Crippen LogP contribution in [-0.4, -0.2) is 50.5 Å². The van der Waals surface area contributed by atoms with Crippen LogP contribution in [0.3, 0.4) is 0 Å². The van der Waals surface area contributed by atoms with E-state index in [0.717, 1.165) is 32.2 Å². The van der Waals surface area contributed by atoms with E-state index in [0.29, 0.717) is 19.8 Å². The molecule has 1 atom stereocenters. The van der Waals surface area contributed by atoms with E-state index in [1.807, 2.05) is 0 Å². The first-order valence-corrected chi connectivity index (χ1v) is 8.98. The van der Waals surface area contributed by atoms with Gasteiger partial charge in [-0.2, -0.15) is 5.10 Å². The second-order valence-electron chi connectivity index (χ2n) is 5.64. The molecule has 2 aliphatic heterocycles. The molecule has 3 rings (SSSR count). The Kier molecular flexibility index (Phi) is 6.22. The standard InChI is InChI=1S/C13H22N4O3S.ClH/c18-21(19,16-8-11-2-1-5-14-11)13-9-15-17(10-13)12-3-6-20-7-4-12;/h9-12,14,16H,1-8H2;1H. The van der Waals surface area contributed by atoms with Crippen molar-refractivity contribution in [2.45, 2.75) is 42.7 Å². The van der Waals surface area contributed by atoms with Crippen LogP contribution in [0.1, 0.15) is 31.7 Å². The maximum atomic E-state index is 12.3. The molecule has 3 heterocycles. The molecule has 0 bridgehead atoms. The number of nitrogens with zero attached hydrogens (tertiary/aromatic N) is 2. The predicted octanol–water partition coefficient (Wildman–Crippen LogP) is 0.687. The minimum absolute atomic E-state index is 0. The van der Waals surface area contributed by atoms with Gasteiger partial charge in [0.05, 0.1) is 12.2 Å². The molecular weight excluding hydrogens is 328 g/mol. The second-order valence-corrected chi connectivity index (χ2v) is 7.41. The molecule has 126 valence electrons. The van der Waals surface area contributed by atoms with Gasteiger partial charge in [0.15, 0.2) is 0 Å². The zero-order valence-electron chi connectivity index (χ0n) is 12.4. The molecule has 7 nitrogen and oxygen atoms in total. The van der Waals surface area contributed by atoms with Crippen molar-refractivity contribution in [3.63, 3.8) is 0 Å². The van der Waals surface area contributed by atoms with Gasteiger partial charge >= 0.3 is 0 Å². The lowest BCUT2D eigenvalue weighted by atomic mass is 10.1. The van der Waals surface area contributed by atoms with Crippen LogP contribution in [0.2, 0.25) is 0 Å². The quantitative estimate of drug-likeness (QED) is 0.816. The van der Waals surface area contributed by atoms with Crippen molar-refractivity contribution in [3.8, 4) is 0 Å². The Morgan fingerprint density at radius 2 is 2.14 bits per heavy atom. The Hall–Kier alpha value is -0.670. The van der Waals surface area contributed by atoms with Crippen LogP contribution in [0.25, 0.3) is 0 Å². The lowest BCUT2D eigenvalue weighted by molar-refractivity contribution is 0.0662. The summed E-state index contributed by atoms with van der Waals surface area (Å²) in [6, 6.07) is 0.476. The van der Waals surface area contributed by atoms with Gasteiger partial charge in [0, 0.05) is 32.0 Å². The first-order chi connectivity index (χ1) is 10.1. The van der Waals surface area contributed by atoms with Crippen molar-refractivity contribution >= 4 is 22.4 Å². The Bertz CT molecular complexity index is 566. The van der Waals surface area contributed by atoms with Gasteiger partial charge in [0.1, 0.15) is 4.90 Å². The van der Waals surface area contributed by atoms with Crippen LogP contribution in [0.4, 0.5) is 0 Å². The number of aromatic nitrogens is 2. The fourth-order valence-corrected chi connectivity index (χ4v) is 3.85. The topological polar surface area (TPSA) is 85.3 Å². The van der Waals surface area contributed by atoms with Crippen LogP contribution < -0.4 is 10.0 Å². The molecule has 0 spiro atoms. The van der Waals surface area contributed by atoms with E-state index in [4.69, 9.17) is 4.74 Å². The maximum absolute atomic E-state index is 12.3. The van der Waals surface area contributed by atoms with E-state index in [-0.39, 0.29) is 29.4 Å². The molecule has 0 radical (unpaired) electrons. The molecule has 1 aromatic rings. The highest BCUT2D eigenvalue weighted by atomic mass is 35.5. The minimum atomic E-state index is -3.47. The molecule has 9 heteroatoms. The summed E-state index contributed by atoms with van der Waals surface area (Å²) >= 11 is 0. The van der Waals surface area contributed by atoms with Crippen molar-refractivity contribution in [2.24, 2.45) is 0 Å². The zero-order chi connectivity index (χ0) is 14.7. The van der Waals surface area contributed by atoms with Crippen LogP contribution in [0.5, 0.6) is 0 Å². The van der Waals surface area contributed by atoms with Gasteiger partial charge in [-0.1, -0.05) is 0 Å². The number of nitrogens with one attached hydrogen (secondary N) is 2. The Morgan fingerprint density at radius 3 is 2.82 bits per heavy atom. The summed E-state index contributed by atoms with van der Waals surface area (Å²) in [6.45, 7) is 2.81. The van der Waals surface area contributed by atoms with Crippen molar-refractivity contribution < 1.29 is 13.2 Å². The lowest BCUT2D eigenvalue weighted by Crippen LogP contribution is -2.37. The van der Waals surface area contributed by atoms with Gasteiger partial charge in [-0.05, 0) is 32.2 Å². The molecule has 2 N–H and O–H groups in total. The van der Waals surface area contributed by atoms with E-state index < -0.39 is 10.0 Å². The van der Waals surface area contributed by atoms with Crippen molar-refractivity contribution in [3.05, 3.63) is 12.4 Å². The second kappa shape index (κ2) is 7.74. The molecule has 0 aromatic carbocycles. The number of sulfonamides is 1. The third-order valence-corrected chi connectivity index (χ3v) is 5.51. The lowest BCUT2D eigenvalue weighted by Gasteiger charge is -2.22. The van der Waals surface area contributed by atoms with Crippen LogP contribution in [0.15, 0.2) is 17.3 Å². The molecule has 22 heavy (non-hydrogen) atoms. The fraction of sp³-hybridized carbons (Fsp3) is 0.769. The van der Waals surface area contributed by atoms with Gasteiger partial charge in [-0.3, -0.25) is 4.68 Å². The first kappa shape index (κ1) is 17.7. The molecule has 0 saturated carbocycles. The van der Waals surface area contributed by atoms with E-state index in [9.17, 15) is 8.42 Å². The summed E-state index contributed by atoms with van der Waals surface area (Å²) in [5.74, 6) is 0. The Labute approximate surface area is 137 Å². The SMILES string of the molecule is Cl.O=S(=O)(NCC1CCCN1)c1cnn(C2CCOCC2)c1. The van der Waals surface area contributed by atoms with E-state index in [1.165, 1.54) is 6.20 Å². The van der Waals surface area contributed by atoms with Crippen LogP contribution in [-0.2, 0) is 14.8 Å². The Morgan fingerprint density at radius 1 is 1.36 bits per heavy atom. The predicted molar refractivity (Wildman–Crippen MR) is 84.8 cm³/mol. The fourth-order valence-electron chi connectivity index (χ4n) is 2.83. The normalized spacial score (nSPS) is 23.4. The highest BCUT2D eigenvalue weighted by Crippen LogP contribution is 2.21. The van der Waals surface area contributed by atoms with E-state index in [2.05, 4.69) is 15.1 Å². The molecule has 1 unspecified atom stereocenters.